The third kappa shape index (κ3) is 3.57. The van der Waals surface area contributed by atoms with Crippen molar-refractivity contribution < 1.29 is 4.74 Å². The fourth-order valence-electron chi connectivity index (χ4n) is 1.16. The van der Waals surface area contributed by atoms with Crippen molar-refractivity contribution in [2.75, 3.05) is 6.61 Å². The lowest BCUT2D eigenvalue weighted by Gasteiger charge is -2.07. The molecule has 0 unspecified atom stereocenters. The summed E-state index contributed by atoms with van der Waals surface area (Å²) in [6.07, 6.45) is 3.81. The molecule has 66 valence electrons. The fraction of sp³-hybridized carbons (Fsp3) is 0.800. The third-order valence-electron chi connectivity index (χ3n) is 1.75. The molecule has 11 heavy (non-hydrogen) atoms. The van der Waals surface area contributed by atoms with Crippen LogP contribution in [0.25, 0.3) is 0 Å². The molecule has 0 aromatic carbocycles. The SMILES string of the molecule is C=C1CCO[C@H]1CCC.CC. The molecule has 1 aliphatic heterocycles. The summed E-state index contributed by atoms with van der Waals surface area (Å²) in [5.74, 6) is 0. The Balaban J connectivity index is 0.000000461. The quantitative estimate of drug-likeness (QED) is 0.558. The number of hydrogen-bond donors (Lipinski definition) is 0. The smallest absolute Gasteiger partial charge is 0.0783 e. The monoisotopic (exact) mass is 156 g/mol. The molecule has 0 aromatic heterocycles. The van der Waals surface area contributed by atoms with Gasteiger partial charge in [0.05, 0.1) is 12.7 Å². The fourth-order valence-corrected chi connectivity index (χ4v) is 1.16. The lowest BCUT2D eigenvalue weighted by Crippen LogP contribution is -2.05. The summed E-state index contributed by atoms with van der Waals surface area (Å²) in [6.45, 7) is 11.0. The van der Waals surface area contributed by atoms with Crippen LogP contribution in [0.15, 0.2) is 12.2 Å². The van der Waals surface area contributed by atoms with Crippen LogP contribution in [0.3, 0.4) is 0 Å². The van der Waals surface area contributed by atoms with Crippen LogP contribution in [0.5, 0.6) is 0 Å². The first-order valence-corrected chi connectivity index (χ1v) is 4.64. The van der Waals surface area contributed by atoms with E-state index in [-0.39, 0.29) is 0 Å². The minimum absolute atomic E-state index is 0.384. The predicted molar refractivity (Wildman–Crippen MR) is 49.8 cm³/mol. The molecule has 0 radical (unpaired) electrons. The van der Waals surface area contributed by atoms with Crippen LogP contribution < -0.4 is 0 Å². The molecule has 1 saturated heterocycles. The summed E-state index contributed by atoms with van der Waals surface area (Å²) in [6, 6.07) is 0. The van der Waals surface area contributed by atoms with Gasteiger partial charge in [-0.2, -0.15) is 0 Å². The highest BCUT2D eigenvalue weighted by molar-refractivity contribution is 5.05. The van der Waals surface area contributed by atoms with E-state index in [1.54, 1.807) is 0 Å². The van der Waals surface area contributed by atoms with E-state index < -0.39 is 0 Å². The molecule has 1 heteroatoms. The summed E-state index contributed by atoms with van der Waals surface area (Å²) in [5, 5.41) is 0. The van der Waals surface area contributed by atoms with Gasteiger partial charge in [-0.05, 0) is 18.4 Å². The number of ether oxygens (including phenoxy) is 1. The molecule has 1 heterocycles. The molecule has 1 fully saturated rings. The maximum absolute atomic E-state index is 5.41. The minimum atomic E-state index is 0.384. The first-order chi connectivity index (χ1) is 5.34. The first kappa shape index (κ1) is 10.7. The van der Waals surface area contributed by atoms with Crippen LogP contribution in [-0.2, 0) is 4.74 Å². The summed E-state index contributed by atoms with van der Waals surface area (Å²) in [4.78, 5) is 0. The molecule has 0 aromatic rings. The maximum atomic E-state index is 5.41. The largest absolute Gasteiger partial charge is 0.374 e. The Labute approximate surface area is 70.4 Å². The lowest BCUT2D eigenvalue weighted by molar-refractivity contribution is 0.117. The van der Waals surface area contributed by atoms with E-state index >= 15 is 0 Å². The average molecular weight is 156 g/mol. The van der Waals surface area contributed by atoms with Crippen molar-refractivity contribution in [3.8, 4) is 0 Å². The summed E-state index contributed by atoms with van der Waals surface area (Å²) in [7, 11) is 0. The van der Waals surface area contributed by atoms with Crippen molar-refractivity contribution in [2.24, 2.45) is 0 Å². The molecule has 1 atom stereocenters. The van der Waals surface area contributed by atoms with Gasteiger partial charge in [-0.3, -0.25) is 0 Å². The first-order valence-electron chi connectivity index (χ1n) is 4.64. The second kappa shape index (κ2) is 6.41. The Bertz CT molecular complexity index is 107. The highest BCUT2D eigenvalue weighted by Gasteiger charge is 2.17. The molecule has 0 aliphatic carbocycles. The van der Waals surface area contributed by atoms with Gasteiger partial charge in [0, 0.05) is 0 Å². The summed E-state index contributed by atoms with van der Waals surface area (Å²) in [5.41, 5.74) is 1.29. The Morgan fingerprint density at radius 2 is 2.18 bits per heavy atom. The second-order valence-corrected chi connectivity index (χ2v) is 2.56. The zero-order chi connectivity index (χ0) is 8.69. The Morgan fingerprint density at radius 3 is 2.55 bits per heavy atom. The number of rotatable bonds is 2. The van der Waals surface area contributed by atoms with Gasteiger partial charge in [0.2, 0.25) is 0 Å². The van der Waals surface area contributed by atoms with Crippen molar-refractivity contribution >= 4 is 0 Å². The van der Waals surface area contributed by atoms with Crippen LogP contribution in [-0.4, -0.2) is 12.7 Å². The molecule has 0 N–H and O–H groups in total. The van der Waals surface area contributed by atoms with E-state index in [9.17, 15) is 0 Å². The average Bonchev–Trinajstić information content (AvgIpc) is 2.42. The molecule has 0 spiro atoms. The highest BCUT2D eigenvalue weighted by Crippen LogP contribution is 2.21. The summed E-state index contributed by atoms with van der Waals surface area (Å²) < 4.78 is 5.41. The highest BCUT2D eigenvalue weighted by atomic mass is 16.5. The van der Waals surface area contributed by atoms with Gasteiger partial charge in [0.1, 0.15) is 0 Å². The van der Waals surface area contributed by atoms with Gasteiger partial charge < -0.3 is 4.74 Å². The van der Waals surface area contributed by atoms with Crippen LogP contribution >= 0.6 is 0 Å². The van der Waals surface area contributed by atoms with Gasteiger partial charge >= 0.3 is 0 Å². The lowest BCUT2D eigenvalue weighted by atomic mass is 10.1. The van der Waals surface area contributed by atoms with Gasteiger partial charge in [-0.15, -0.1) is 0 Å². The molecular formula is C10H20O. The van der Waals surface area contributed by atoms with E-state index in [0.717, 1.165) is 19.4 Å². The van der Waals surface area contributed by atoms with E-state index in [0.29, 0.717) is 6.10 Å². The van der Waals surface area contributed by atoms with E-state index in [2.05, 4.69) is 13.5 Å². The molecule has 0 saturated carbocycles. The maximum Gasteiger partial charge on any atom is 0.0783 e. The van der Waals surface area contributed by atoms with Crippen LogP contribution in [0.4, 0.5) is 0 Å². The van der Waals surface area contributed by atoms with Gasteiger partial charge in [-0.25, -0.2) is 0 Å². The van der Waals surface area contributed by atoms with E-state index in [1.807, 2.05) is 13.8 Å². The Kier molecular flexibility index (Phi) is 6.24. The second-order valence-electron chi connectivity index (χ2n) is 2.56. The molecule has 1 nitrogen and oxygen atoms in total. The van der Waals surface area contributed by atoms with Crippen molar-refractivity contribution in [3.05, 3.63) is 12.2 Å². The van der Waals surface area contributed by atoms with E-state index in [4.69, 9.17) is 4.74 Å². The topological polar surface area (TPSA) is 9.23 Å². The van der Waals surface area contributed by atoms with Crippen LogP contribution in [0.2, 0.25) is 0 Å². The zero-order valence-electron chi connectivity index (χ0n) is 8.02. The normalized spacial score (nSPS) is 22.8. The summed E-state index contributed by atoms with van der Waals surface area (Å²) >= 11 is 0. The third-order valence-corrected chi connectivity index (χ3v) is 1.75. The standard InChI is InChI=1S/C8H14O.C2H6/c1-3-4-8-7(2)5-6-9-8;1-2/h8H,2-6H2,1H3;1-2H3/t8-;/m0./s1. The van der Waals surface area contributed by atoms with Crippen LogP contribution in [0.1, 0.15) is 40.0 Å². The molecule has 1 aliphatic rings. The predicted octanol–water partition coefficient (Wildman–Crippen LogP) is 3.16. The van der Waals surface area contributed by atoms with Gasteiger partial charge in [0.25, 0.3) is 0 Å². The van der Waals surface area contributed by atoms with Crippen LogP contribution in [0, 0.1) is 0 Å². The van der Waals surface area contributed by atoms with Gasteiger partial charge in [0.15, 0.2) is 0 Å². The van der Waals surface area contributed by atoms with Crippen molar-refractivity contribution in [2.45, 2.75) is 46.1 Å². The molecular weight excluding hydrogens is 136 g/mol. The number of hydrogen-bond acceptors (Lipinski definition) is 1. The van der Waals surface area contributed by atoms with Crippen molar-refractivity contribution in [3.63, 3.8) is 0 Å². The Hall–Kier alpha value is -0.300. The molecule has 0 amide bonds. The van der Waals surface area contributed by atoms with Gasteiger partial charge in [-0.1, -0.05) is 33.8 Å². The molecule has 1 rings (SSSR count). The van der Waals surface area contributed by atoms with Crippen molar-refractivity contribution in [1.82, 2.24) is 0 Å². The Morgan fingerprint density at radius 1 is 1.55 bits per heavy atom. The van der Waals surface area contributed by atoms with Crippen molar-refractivity contribution in [1.29, 1.82) is 0 Å². The minimum Gasteiger partial charge on any atom is -0.374 e. The zero-order valence-corrected chi connectivity index (χ0v) is 8.02. The van der Waals surface area contributed by atoms with E-state index in [1.165, 1.54) is 12.0 Å². The molecule has 0 bridgehead atoms.